The fraction of sp³-hybridized carbons (Fsp3) is 0.606. The molecule has 3 fully saturated rings. The van der Waals surface area contributed by atoms with Crippen molar-refractivity contribution in [2.75, 3.05) is 0 Å². The molecule has 0 bridgehead atoms. The Bertz CT molecular complexity index is 1370. The summed E-state index contributed by atoms with van der Waals surface area (Å²) in [6.07, 6.45) is 11.3. The first kappa shape index (κ1) is 26.1. The quantitative estimate of drug-likeness (QED) is 0.469. The molecule has 1 aromatic rings. The number of fused-ring (bicyclic) bond motifs is 4. The highest BCUT2D eigenvalue weighted by Gasteiger charge is 2.62. The lowest BCUT2D eigenvalue weighted by atomic mass is 9.51. The predicted molar refractivity (Wildman–Crippen MR) is 150 cm³/mol. The van der Waals surface area contributed by atoms with E-state index in [1.54, 1.807) is 0 Å². The van der Waals surface area contributed by atoms with Crippen LogP contribution in [0.5, 0.6) is 0 Å². The number of ketones is 1. The van der Waals surface area contributed by atoms with E-state index in [1.165, 1.54) is 22.3 Å². The van der Waals surface area contributed by atoms with Crippen molar-refractivity contribution in [3.05, 3.63) is 58.2 Å². The number of sulfone groups is 1. The van der Waals surface area contributed by atoms with E-state index < -0.39 is 15.4 Å². The van der Waals surface area contributed by atoms with Crippen molar-refractivity contribution in [2.24, 2.45) is 17.3 Å². The molecule has 0 saturated heterocycles. The molecule has 202 valence electrons. The summed E-state index contributed by atoms with van der Waals surface area (Å²) in [6, 6.07) is 8.27. The molecule has 6 rings (SSSR count). The highest BCUT2D eigenvalue weighted by molar-refractivity contribution is 7.91. The Kier molecular flexibility index (Phi) is 6.51. The molecule has 5 atom stereocenters. The van der Waals surface area contributed by atoms with Crippen LogP contribution < -0.4 is 0 Å². The molecule has 38 heavy (non-hydrogen) atoms. The zero-order valence-electron chi connectivity index (χ0n) is 22.8. The zero-order valence-corrected chi connectivity index (χ0v) is 23.6. The van der Waals surface area contributed by atoms with Crippen molar-refractivity contribution in [1.29, 1.82) is 0 Å². The normalized spacial score (nSPS) is 35.2. The minimum atomic E-state index is -3.13. The van der Waals surface area contributed by atoms with Gasteiger partial charge < -0.3 is 5.11 Å². The number of aliphatic hydroxyl groups is 1. The fourth-order valence-corrected chi connectivity index (χ4v) is 10.8. The maximum Gasteiger partial charge on any atom is 0.157 e. The van der Waals surface area contributed by atoms with Crippen LogP contribution in [0.3, 0.4) is 0 Å². The number of carbonyl (C=O) groups excluding carboxylic acids is 1. The van der Waals surface area contributed by atoms with Gasteiger partial charge in [-0.2, -0.15) is 0 Å². The third-order valence-corrected chi connectivity index (χ3v) is 13.0. The maximum atomic E-state index is 13.0. The Labute approximate surface area is 227 Å². The summed E-state index contributed by atoms with van der Waals surface area (Å²) in [6.45, 7) is 4.07. The first-order valence-corrected chi connectivity index (χ1v) is 16.3. The van der Waals surface area contributed by atoms with Crippen LogP contribution in [0, 0.1) is 29.1 Å². The van der Waals surface area contributed by atoms with E-state index in [1.807, 2.05) is 25.1 Å². The molecule has 0 radical (unpaired) electrons. The fourth-order valence-electron chi connectivity index (χ4n) is 8.82. The molecule has 1 N–H and O–H groups in total. The lowest BCUT2D eigenvalue weighted by Crippen LogP contribution is -2.51. The van der Waals surface area contributed by atoms with Crippen molar-refractivity contribution in [3.8, 4) is 11.8 Å². The minimum Gasteiger partial charge on any atom is -0.377 e. The van der Waals surface area contributed by atoms with Gasteiger partial charge in [-0.1, -0.05) is 55.5 Å². The molecule has 3 saturated carbocycles. The van der Waals surface area contributed by atoms with Crippen LogP contribution in [-0.2, 0) is 20.4 Å². The van der Waals surface area contributed by atoms with Gasteiger partial charge in [-0.3, -0.25) is 4.79 Å². The molecule has 1 aromatic carbocycles. The van der Waals surface area contributed by atoms with Gasteiger partial charge >= 0.3 is 0 Å². The van der Waals surface area contributed by atoms with Gasteiger partial charge in [0.25, 0.3) is 0 Å². The van der Waals surface area contributed by atoms with E-state index in [2.05, 4.69) is 30.9 Å². The molecule has 0 spiro atoms. The Morgan fingerprint density at radius 2 is 1.76 bits per heavy atom. The molecule has 0 heterocycles. The summed E-state index contributed by atoms with van der Waals surface area (Å²) in [7, 11) is -3.13. The second kappa shape index (κ2) is 9.49. The van der Waals surface area contributed by atoms with Crippen LogP contribution in [0.15, 0.2) is 47.1 Å². The standard InChI is InChI=1S/C33H40O4S/c1-3-17-33(35)18-16-30-28-14-12-24-19-25(34)13-15-27(24)31(28)29(20-32(30,33)2)23-10-8-22(9-11-23)21-38(36,37)26-6-4-5-7-26/h8-11,19,26,28-30,35H,4-7,12-16,18,20-21H2,1-2H3/t28-,29+,30-,32-,33-/m0/s1. The summed E-state index contributed by atoms with van der Waals surface area (Å²) in [4.78, 5) is 12.3. The Balaban J connectivity index is 1.39. The topological polar surface area (TPSA) is 71.4 Å². The highest BCUT2D eigenvalue weighted by Crippen LogP contribution is 2.66. The molecule has 0 unspecified atom stereocenters. The van der Waals surface area contributed by atoms with E-state index in [0.29, 0.717) is 24.7 Å². The molecule has 0 aromatic heterocycles. The summed E-state index contributed by atoms with van der Waals surface area (Å²) in [5, 5.41) is 11.6. The maximum absolute atomic E-state index is 13.0. The zero-order chi connectivity index (χ0) is 26.7. The summed E-state index contributed by atoms with van der Waals surface area (Å²) < 4.78 is 26.0. The van der Waals surface area contributed by atoms with E-state index in [0.717, 1.165) is 63.4 Å². The van der Waals surface area contributed by atoms with Gasteiger partial charge in [-0.05, 0) is 98.5 Å². The Hall–Kier alpha value is -2.16. The van der Waals surface area contributed by atoms with Crippen LogP contribution in [0.1, 0.15) is 102 Å². The number of hydrogen-bond donors (Lipinski definition) is 1. The van der Waals surface area contributed by atoms with Crippen molar-refractivity contribution in [2.45, 2.75) is 107 Å². The SMILES string of the molecule is CC#C[C@]1(O)CC[C@H]2[C@@H]3CCC4=CC(=O)CCC4=C3[C@@H](c3ccc(CS(=O)(=O)C4CCCC4)cc3)C[C@@]21C. The monoisotopic (exact) mass is 532 g/mol. The second-order valence-corrected chi connectivity index (χ2v) is 15.0. The number of hydrogen-bond acceptors (Lipinski definition) is 4. The van der Waals surface area contributed by atoms with Gasteiger partial charge in [-0.15, -0.1) is 5.92 Å². The molecule has 0 aliphatic heterocycles. The van der Waals surface area contributed by atoms with Gasteiger partial charge in [0.1, 0.15) is 5.60 Å². The van der Waals surface area contributed by atoms with Crippen molar-refractivity contribution in [3.63, 3.8) is 0 Å². The summed E-state index contributed by atoms with van der Waals surface area (Å²) in [5.41, 5.74) is 4.84. The number of allylic oxidation sites excluding steroid dienone is 4. The van der Waals surface area contributed by atoms with E-state index in [-0.39, 0.29) is 28.1 Å². The molecule has 5 aliphatic rings. The third kappa shape index (κ3) is 4.14. The molecule has 5 heteroatoms. The largest absolute Gasteiger partial charge is 0.377 e. The number of benzene rings is 1. The van der Waals surface area contributed by atoms with Crippen LogP contribution in [0.25, 0.3) is 0 Å². The van der Waals surface area contributed by atoms with E-state index >= 15 is 0 Å². The average molecular weight is 533 g/mol. The first-order chi connectivity index (χ1) is 18.1. The molecular formula is C33H40O4S. The highest BCUT2D eigenvalue weighted by atomic mass is 32.2. The lowest BCUT2D eigenvalue weighted by molar-refractivity contribution is -0.114. The van der Waals surface area contributed by atoms with Crippen LogP contribution in [0.4, 0.5) is 0 Å². The van der Waals surface area contributed by atoms with E-state index in [9.17, 15) is 18.3 Å². The smallest absolute Gasteiger partial charge is 0.157 e. The lowest BCUT2D eigenvalue weighted by Gasteiger charge is -2.53. The second-order valence-electron chi connectivity index (χ2n) is 12.7. The minimum absolute atomic E-state index is 0.111. The average Bonchev–Trinajstić information content (AvgIpc) is 3.52. The van der Waals surface area contributed by atoms with Gasteiger partial charge in [0.2, 0.25) is 0 Å². The summed E-state index contributed by atoms with van der Waals surface area (Å²) in [5.74, 6) is 7.49. The number of rotatable bonds is 4. The predicted octanol–water partition coefficient (Wildman–Crippen LogP) is 6.20. The third-order valence-electron chi connectivity index (χ3n) is 10.8. The molecule has 4 nitrogen and oxygen atoms in total. The van der Waals surface area contributed by atoms with Crippen LogP contribution >= 0.6 is 0 Å². The summed E-state index contributed by atoms with van der Waals surface area (Å²) >= 11 is 0. The van der Waals surface area contributed by atoms with E-state index in [4.69, 9.17) is 0 Å². The number of carbonyl (C=O) groups is 1. The Morgan fingerprint density at radius 3 is 2.47 bits per heavy atom. The van der Waals surface area contributed by atoms with Crippen molar-refractivity contribution in [1.82, 2.24) is 0 Å². The molecule has 5 aliphatic carbocycles. The first-order valence-electron chi connectivity index (χ1n) is 14.6. The van der Waals surface area contributed by atoms with Gasteiger partial charge in [0, 0.05) is 17.8 Å². The van der Waals surface area contributed by atoms with Gasteiger partial charge in [-0.25, -0.2) is 8.42 Å². The van der Waals surface area contributed by atoms with Crippen molar-refractivity contribution < 1.29 is 18.3 Å². The van der Waals surface area contributed by atoms with Gasteiger partial charge in [0.05, 0.1) is 11.0 Å². The molecule has 0 amide bonds. The van der Waals surface area contributed by atoms with Crippen molar-refractivity contribution >= 4 is 15.6 Å². The van der Waals surface area contributed by atoms with Gasteiger partial charge in [0.15, 0.2) is 15.6 Å². The van der Waals surface area contributed by atoms with Crippen LogP contribution in [-0.4, -0.2) is 30.2 Å². The Morgan fingerprint density at radius 1 is 1.03 bits per heavy atom. The van der Waals surface area contributed by atoms with Crippen LogP contribution in [0.2, 0.25) is 0 Å². The molecular weight excluding hydrogens is 492 g/mol.